The summed E-state index contributed by atoms with van der Waals surface area (Å²) in [5.74, 6) is -0.287. The molecule has 0 aliphatic carbocycles. The molecule has 0 aromatic heterocycles. The van der Waals surface area contributed by atoms with Crippen LogP contribution in [0.2, 0.25) is 0 Å². The molecule has 4 atom stereocenters. The van der Waals surface area contributed by atoms with E-state index in [1.165, 1.54) is 212 Å². The average molecular weight is 998 g/mol. The van der Waals surface area contributed by atoms with Crippen molar-refractivity contribution < 1.29 is 38.0 Å². The molecular weight excluding hydrogens is 880 g/mol. The Morgan fingerprint density at radius 3 is 1.22 bits per heavy atom. The number of aliphatic hydroxyl groups is 2. The van der Waals surface area contributed by atoms with Crippen LogP contribution >= 0.6 is 7.82 Å². The molecule has 69 heavy (non-hydrogen) atoms. The van der Waals surface area contributed by atoms with Crippen LogP contribution < -0.4 is 10.2 Å². The van der Waals surface area contributed by atoms with E-state index in [9.17, 15) is 24.5 Å². The lowest BCUT2D eigenvalue weighted by molar-refractivity contribution is -0.870. The smallest absolute Gasteiger partial charge is 0.268 e. The fourth-order valence-corrected chi connectivity index (χ4v) is 9.76. The van der Waals surface area contributed by atoms with E-state index in [2.05, 4.69) is 43.5 Å². The van der Waals surface area contributed by atoms with Gasteiger partial charge in [-0.2, -0.15) is 0 Å². The molecule has 410 valence electrons. The van der Waals surface area contributed by atoms with E-state index in [4.69, 9.17) is 9.05 Å². The van der Waals surface area contributed by atoms with Crippen LogP contribution in [0.5, 0.6) is 0 Å². The molecule has 0 saturated heterocycles. The molecule has 10 heteroatoms. The van der Waals surface area contributed by atoms with Gasteiger partial charge >= 0.3 is 0 Å². The summed E-state index contributed by atoms with van der Waals surface area (Å²) in [6.07, 6.45) is 59.9. The highest BCUT2D eigenvalue weighted by Crippen LogP contribution is 2.38. The van der Waals surface area contributed by atoms with Crippen LogP contribution in [-0.4, -0.2) is 79.8 Å². The number of hydrogen-bond donors (Lipinski definition) is 3. The third-order valence-corrected chi connectivity index (χ3v) is 14.7. The monoisotopic (exact) mass is 997 g/mol. The zero-order valence-corrected chi connectivity index (χ0v) is 47.3. The molecule has 0 fully saturated rings. The highest BCUT2D eigenvalue weighted by atomic mass is 31.2. The van der Waals surface area contributed by atoms with Crippen molar-refractivity contribution in [2.24, 2.45) is 0 Å². The normalized spacial score (nSPS) is 14.5. The Labute approximate surface area is 428 Å². The minimum Gasteiger partial charge on any atom is -0.756 e. The van der Waals surface area contributed by atoms with Crippen molar-refractivity contribution in [1.29, 1.82) is 0 Å². The van der Waals surface area contributed by atoms with Gasteiger partial charge in [0.2, 0.25) is 5.91 Å². The Morgan fingerprint density at radius 2 is 0.841 bits per heavy atom. The van der Waals surface area contributed by atoms with E-state index in [-0.39, 0.29) is 18.9 Å². The van der Waals surface area contributed by atoms with E-state index >= 15 is 0 Å². The van der Waals surface area contributed by atoms with Crippen LogP contribution in [-0.2, 0) is 18.4 Å². The fraction of sp³-hybridized carbons (Fsp3) is 0.915. The van der Waals surface area contributed by atoms with Crippen LogP contribution in [0, 0.1) is 0 Å². The highest BCUT2D eigenvalue weighted by Gasteiger charge is 2.29. The molecule has 3 N–H and O–H groups in total. The van der Waals surface area contributed by atoms with Gasteiger partial charge in [0.15, 0.2) is 0 Å². The first kappa shape index (κ1) is 67.9. The molecule has 9 nitrogen and oxygen atoms in total. The van der Waals surface area contributed by atoms with Crippen LogP contribution in [0.15, 0.2) is 24.3 Å². The number of quaternary nitrogens is 1. The summed E-state index contributed by atoms with van der Waals surface area (Å²) in [4.78, 5) is 25.5. The number of unbranched alkanes of at least 4 members (excludes halogenated alkanes) is 37. The maximum Gasteiger partial charge on any atom is 0.268 e. The standard InChI is InChI=1S/C59H117N2O7P/c1-6-8-10-12-14-16-18-20-21-22-23-24-25-26-27-28-29-30-31-32-33-34-35-36-37-38-39-40-42-44-46-48-50-52-58(63)60-56(55-68-69(65,66)67-54-53-61(3,4)5)59(64)57(62)51-49-47-45-43-41-19-17-15-13-11-9-7-2/h15,17,43,45,56-57,59,62,64H,6-14,16,18-42,44,46-55H2,1-5H3,(H-,60,63,65,66)/b17-15+,45-43+. The first-order valence-electron chi connectivity index (χ1n) is 29.8. The van der Waals surface area contributed by atoms with Gasteiger partial charge in [0.25, 0.3) is 7.82 Å². The van der Waals surface area contributed by atoms with E-state index < -0.39 is 32.7 Å². The summed E-state index contributed by atoms with van der Waals surface area (Å²) in [7, 11) is 1.11. The number of aliphatic hydroxyl groups excluding tert-OH is 2. The van der Waals surface area contributed by atoms with Crippen molar-refractivity contribution in [3.8, 4) is 0 Å². The van der Waals surface area contributed by atoms with Gasteiger partial charge in [0.05, 0.1) is 39.9 Å². The Bertz CT molecular complexity index is 1190. The lowest BCUT2D eigenvalue weighted by Gasteiger charge is -2.31. The minimum atomic E-state index is -4.68. The molecular formula is C59H117N2O7P. The maximum atomic E-state index is 13.0. The molecule has 0 heterocycles. The Kier molecular flexibility index (Phi) is 49.7. The summed E-state index contributed by atoms with van der Waals surface area (Å²) < 4.78 is 23.2. The number of likely N-dealkylation sites (N-methyl/N-ethyl adjacent to an activating group) is 1. The van der Waals surface area contributed by atoms with Gasteiger partial charge in [-0.3, -0.25) is 9.36 Å². The predicted octanol–water partition coefficient (Wildman–Crippen LogP) is 16.3. The predicted molar refractivity (Wildman–Crippen MR) is 295 cm³/mol. The first-order valence-corrected chi connectivity index (χ1v) is 31.2. The number of nitrogens with one attached hydrogen (secondary N) is 1. The molecule has 0 bridgehead atoms. The van der Waals surface area contributed by atoms with Crippen molar-refractivity contribution in [1.82, 2.24) is 5.32 Å². The third-order valence-electron chi connectivity index (χ3n) is 13.8. The summed E-state index contributed by atoms with van der Waals surface area (Å²) in [6.45, 7) is 4.41. The number of phosphoric ester groups is 1. The minimum absolute atomic E-state index is 0.0467. The lowest BCUT2D eigenvalue weighted by atomic mass is 10.0. The second-order valence-electron chi connectivity index (χ2n) is 21.8. The van der Waals surface area contributed by atoms with Crippen LogP contribution in [0.1, 0.15) is 290 Å². The Hall–Kier alpha value is -1.06. The molecule has 0 saturated carbocycles. The van der Waals surface area contributed by atoms with Crippen molar-refractivity contribution in [2.75, 3.05) is 40.9 Å². The largest absolute Gasteiger partial charge is 0.756 e. The second-order valence-corrected chi connectivity index (χ2v) is 23.2. The number of amides is 1. The third kappa shape index (κ3) is 51.6. The Balaban J connectivity index is 4.03. The summed E-state index contributed by atoms with van der Waals surface area (Å²) in [5, 5.41) is 24.7. The maximum absolute atomic E-state index is 13.0. The van der Waals surface area contributed by atoms with Crippen molar-refractivity contribution >= 4 is 13.7 Å². The number of nitrogens with zero attached hydrogens (tertiary/aromatic N) is 1. The average Bonchev–Trinajstić information content (AvgIpc) is 3.31. The van der Waals surface area contributed by atoms with Gasteiger partial charge in [-0.15, -0.1) is 0 Å². The van der Waals surface area contributed by atoms with Crippen molar-refractivity contribution in [3.63, 3.8) is 0 Å². The van der Waals surface area contributed by atoms with Crippen LogP contribution in [0.3, 0.4) is 0 Å². The SMILES string of the molecule is CCCCC/C=C/CC/C=C/CCCC(O)C(O)C(COP(=O)([O-])OCC[N+](C)(C)C)NC(=O)CCCCCCCCCCCCCCCCCCCCCCCCCCCCCCCCCCC. The molecule has 1 amide bonds. The molecule has 0 rings (SSSR count). The first-order chi connectivity index (χ1) is 33.4. The molecule has 0 aliphatic heterocycles. The molecule has 0 spiro atoms. The van der Waals surface area contributed by atoms with Crippen LogP contribution in [0.25, 0.3) is 0 Å². The number of hydrogen-bond acceptors (Lipinski definition) is 7. The van der Waals surface area contributed by atoms with Gasteiger partial charge in [0.1, 0.15) is 19.3 Å². The number of carbonyl (C=O) groups is 1. The van der Waals surface area contributed by atoms with Gasteiger partial charge in [-0.25, -0.2) is 0 Å². The fourth-order valence-electron chi connectivity index (χ4n) is 9.04. The topological polar surface area (TPSA) is 128 Å². The number of allylic oxidation sites excluding steroid dienone is 4. The van der Waals surface area contributed by atoms with Gasteiger partial charge in [-0.05, 0) is 51.4 Å². The van der Waals surface area contributed by atoms with E-state index in [0.717, 1.165) is 38.5 Å². The molecule has 0 aromatic rings. The molecule has 0 aromatic carbocycles. The summed E-state index contributed by atoms with van der Waals surface area (Å²) >= 11 is 0. The summed E-state index contributed by atoms with van der Waals surface area (Å²) in [6, 6.07) is -1.09. The molecule has 0 aliphatic rings. The van der Waals surface area contributed by atoms with E-state index in [1.54, 1.807) is 0 Å². The van der Waals surface area contributed by atoms with Crippen molar-refractivity contribution in [3.05, 3.63) is 24.3 Å². The number of rotatable bonds is 55. The molecule has 0 radical (unpaired) electrons. The van der Waals surface area contributed by atoms with Gasteiger partial charge < -0.3 is 34.0 Å². The Morgan fingerprint density at radius 1 is 0.507 bits per heavy atom. The quantitative estimate of drug-likeness (QED) is 0.0240. The van der Waals surface area contributed by atoms with Crippen molar-refractivity contribution in [2.45, 2.75) is 308 Å². The van der Waals surface area contributed by atoms with E-state index in [1.807, 2.05) is 21.1 Å². The van der Waals surface area contributed by atoms with Crippen LogP contribution in [0.4, 0.5) is 0 Å². The number of phosphoric acid groups is 1. The van der Waals surface area contributed by atoms with E-state index in [0.29, 0.717) is 30.3 Å². The van der Waals surface area contributed by atoms with Gasteiger partial charge in [-0.1, -0.05) is 256 Å². The zero-order chi connectivity index (χ0) is 50.8. The second kappa shape index (κ2) is 50.5. The van der Waals surface area contributed by atoms with Gasteiger partial charge in [0, 0.05) is 6.42 Å². The highest BCUT2D eigenvalue weighted by molar-refractivity contribution is 7.45. The zero-order valence-electron chi connectivity index (χ0n) is 46.4. The lowest BCUT2D eigenvalue weighted by Crippen LogP contribution is -2.51. The molecule has 4 unspecified atom stereocenters. The summed E-state index contributed by atoms with van der Waals surface area (Å²) in [5.41, 5.74) is 0. The number of carbonyl (C=O) groups excluding carboxylic acids is 1.